The monoisotopic (exact) mass is 255 g/mol. The minimum Gasteiger partial charge on any atom is -0.330 e. The van der Waals surface area contributed by atoms with Crippen molar-refractivity contribution in [3.8, 4) is 5.69 Å². The highest BCUT2D eigenvalue weighted by atomic mass is 15.3. The summed E-state index contributed by atoms with van der Waals surface area (Å²) in [7, 11) is 0. The van der Waals surface area contributed by atoms with Gasteiger partial charge >= 0.3 is 0 Å². The van der Waals surface area contributed by atoms with E-state index >= 15 is 0 Å². The van der Waals surface area contributed by atoms with E-state index < -0.39 is 0 Å². The first-order valence-corrected chi connectivity index (χ1v) is 7.07. The molecule has 1 aliphatic rings. The van der Waals surface area contributed by atoms with E-state index in [4.69, 9.17) is 5.73 Å². The smallest absolute Gasteiger partial charge is 0.0648 e. The van der Waals surface area contributed by atoms with Crippen molar-refractivity contribution in [1.82, 2.24) is 9.78 Å². The Morgan fingerprint density at radius 3 is 2.37 bits per heavy atom. The second-order valence-corrected chi connectivity index (χ2v) is 5.62. The number of aromatic nitrogens is 2. The molecule has 19 heavy (non-hydrogen) atoms. The van der Waals surface area contributed by atoms with Gasteiger partial charge in [-0.1, -0.05) is 25.0 Å². The Morgan fingerprint density at radius 1 is 1.16 bits per heavy atom. The molecule has 0 atom stereocenters. The third kappa shape index (κ3) is 2.08. The normalized spacial score (nSPS) is 17.8. The van der Waals surface area contributed by atoms with E-state index in [9.17, 15) is 0 Å². The zero-order valence-corrected chi connectivity index (χ0v) is 11.5. The highest BCUT2D eigenvalue weighted by molar-refractivity contribution is 5.38. The first kappa shape index (κ1) is 12.4. The minimum atomic E-state index is 0.220. The van der Waals surface area contributed by atoms with E-state index in [0.717, 1.165) is 17.9 Å². The molecule has 1 aliphatic carbocycles. The Balaban J connectivity index is 1.93. The van der Waals surface area contributed by atoms with Gasteiger partial charge in [-0.15, -0.1) is 0 Å². The quantitative estimate of drug-likeness (QED) is 0.916. The standard InChI is InChI=1S/C16H21N3/c1-13-8-11-18-19(13)15-6-4-14(5-7-15)16(12-17)9-2-3-10-16/h4-8,11H,2-3,9-10,12,17H2,1H3. The van der Waals surface area contributed by atoms with Crippen LogP contribution >= 0.6 is 0 Å². The summed E-state index contributed by atoms with van der Waals surface area (Å²) in [5.41, 5.74) is 9.93. The summed E-state index contributed by atoms with van der Waals surface area (Å²) in [5, 5.41) is 4.34. The summed E-state index contributed by atoms with van der Waals surface area (Å²) in [6.07, 6.45) is 6.89. The molecule has 1 heterocycles. The molecule has 0 aliphatic heterocycles. The van der Waals surface area contributed by atoms with Crippen molar-refractivity contribution >= 4 is 0 Å². The van der Waals surface area contributed by atoms with Crippen molar-refractivity contribution in [1.29, 1.82) is 0 Å². The number of nitrogens with two attached hydrogens (primary N) is 1. The van der Waals surface area contributed by atoms with Crippen LogP contribution in [-0.4, -0.2) is 16.3 Å². The molecule has 0 amide bonds. The average molecular weight is 255 g/mol. The molecule has 0 bridgehead atoms. The van der Waals surface area contributed by atoms with E-state index in [1.54, 1.807) is 0 Å². The topological polar surface area (TPSA) is 43.8 Å². The van der Waals surface area contributed by atoms with E-state index in [-0.39, 0.29) is 5.41 Å². The van der Waals surface area contributed by atoms with Crippen LogP contribution in [0.3, 0.4) is 0 Å². The molecular formula is C16H21N3. The zero-order valence-electron chi connectivity index (χ0n) is 11.5. The molecule has 1 aromatic carbocycles. The summed E-state index contributed by atoms with van der Waals surface area (Å²) in [6.45, 7) is 2.83. The third-order valence-corrected chi connectivity index (χ3v) is 4.51. The maximum absolute atomic E-state index is 6.04. The Labute approximate surface area is 114 Å². The van der Waals surface area contributed by atoms with Crippen molar-refractivity contribution in [2.45, 2.75) is 38.0 Å². The van der Waals surface area contributed by atoms with Crippen LogP contribution in [0.1, 0.15) is 36.9 Å². The van der Waals surface area contributed by atoms with Crippen molar-refractivity contribution in [2.24, 2.45) is 5.73 Å². The molecule has 3 rings (SSSR count). The van der Waals surface area contributed by atoms with Gasteiger partial charge < -0.3 is 5.73 Å². The number of rotatable bonds is 3. The van der Waals surface area contributed by atoms with Crippen LogP contribution in [0.4, 0.5) is 0 Å². The Hall–Kier alpha value is -1.61. The van der Waals surface area contributed by atoms with Gasteiger partial charge in [-0.05, 0) is 43.5 Å². The largest absolute Gasteiger partial charge is 0.330 e. The van der Waals surface area contributed by atoms with Gasteiger partial charge in [-0.3, -0.25) is 0 Å². The zero-order chi connectivity index (χ0) is 13.3. The van der Waals surface area contributed by atoms with Crippen molar-refractivity contribution in [3.05, 3.63) is 47.8 Å². The van der Waals surface area contributed by atoms with Crippen LogP contribution in [0, 0.1) is 6.92 Å². The van der Waals surface area contributed by atoms with E-state index in [1.807, 2.05) is 16.9 Å². The van der Waals surface area contributed by atoms with Gasteiger partial charge in [0.1, 0.15) is 0 Å². The molecule has 3 nitrogen and oxygen atoms in total. The van der Waals surface area contributed by atoms with Gasteiger partial charge in [0.2, 0.25) is 0 Å². The summed E-state index contributed by atoms with van der Waals surface area (Å²) >= 11 is 0. The van der Waals surface area contributed by atoms with E-state index in [2.05, 4.69) is 36.3 Å². The molecule has 100 valence electrons. The van der Waals surface area contributed by atoms with Crippen LogP contribution in [-0.2, 0) is 5.41 Å². The van der Waals surface area contributed by atoms with Crippen LogP contribution in [0.5, 0.6) is 0 Å². The molecule has 0 spiro atoms. The Kier molecular flexibility index (Phi) is 3.15. The molecule has 2 aromatic rings. The summed E-state index contributed by atoms with van der Waals surface area (Å²) in [6, 6.07) is 10.8. The average Bonchev–Trinajstić information content (AvgIpc) is 3.08. The number of nitrogens with zero attached hydrogens (tertiary/aromatic N) is 2. The van der Waals surface area contributed by atoms with Gasteiger partial charge in [0, 0.05) is 23.9 Å². The molecule has 1 aromatic heterocycles. The first-order chi connectivity index (χ1) is 9.25. The van der Waals surface area contributed by atoms with Gasteiger partial charge in [0.15, 0.2) is 0 Å². The number of hydrogen-bond acceptors (Lipinski definition) is 2. The van der Waals surface area contributed by atoms with Crippen LogP contribution in [0.15, 0.2) is 36.5 Å². The highest BCUT2D eigenvalue weighted by Gasteiger charge is 2.33. The van der Waals surface area contributed by atoms with Crippen LogP contribution in [0.2, 0.25) is 0 Å². The predicted octanol–water partition coefficient (Wildman–Crippen LogP) is 2.95. The molecule has 1 saturated carbocycles. The number of benzene rings is 1. The fourth-order valence-electron chi connectivity index (χ4n) is 3.26. The third-order valence-electron chi connectivity index (χ3n) is 4.51. The van der Waals surface area contributed by atoms with E-state index in [0.29, 0.717) is 0 Å². The van der Waals surface area contributed by atoms with Crippen molar-refractivity contribution in [3.63, 3.8) is 0 Å². The molecule has 1 fully saturated rings. The van der Waals surface area contributed by atoms with Gasteiger partial charge in [-0.2, -0.15) is 5.10 Å². The lowest BCUT2D eigenvalue weighted by atomic mass is 9.79. The lowest BCUT2D eigenvalue weighted by molar-refractivity contribution is 0.453. The molecule has 3 heteroatoms. The second kappa shape index (κ2) is 4.82. The highest BCUT2D eigenvalue weighted by Crippen LogP contribution is 2.40. The van der Waals surface area contributed by atoms with Crippen LogP contribution < -0.4 is 5.73 Å². The van der Waals surface area contributed by atoms with E-state index in [1.165, 1.54) is 31.2 Å². The maximum atomic E-state index is 6.04. The van der Waals surface area contributed by atoms with Crippen LogP contribution in [0.25, 0.3) is 5.69 Å². The fraction of sp³-hybridized carbons (Fsp3) is 0.438. The number of aryl methyl sites for hydroxylation is 1. The lowest BCUT2D eigenvalue weighted by Crippen LogP contribution is -2.31. The first-order valence-electron chi connectivity index (χ1n) is 7.07. The molecule has 0 saturated heterocycles. The number of hydrogen-bond donors (Lipinski definition) is 1. The lowest BCUT2D eigenvalue weighted by Gasteiger charge is -2.28. The minimum absolute atomic E-state index is 0.220. The predicted molar refractivity (Wildman–Crippen MR) is 77.5 cm³/mol. The van der Waals surface area contributed by atoms with Gasteiger partial charge in [-0.25, -0.2) is 4.68 Å². The maximum Gasteiger partial charge on any atom is 0.0648 e. The van der Waals surface area contributed by atoms with Gasteiger partial charge in [0.25, 0.3) is 0 Å². The van der Waals surface area contributed by atoms with Crippen molar-refractivity contribution in [2.75, 3.05) is 6.54 Å². The van der Waals surface area contributed by atoms with Crippen molar-refractivity contribution < 1.29 is 0 Å². The molecular weight excluding hydrogens is 234 g/mol. The SMILES string of the molecule is Cc1ccnn1-c1ccc(C2(CN)CCCC2)cc1. The fourth-order valence-corrected chi connectivity index (χ4v) is 3.26. The Bertz CT molecular complexity index is 548. The molecule has 2 N–H and O–H groups in total. The van der Waals surface area contributed by atoms with Gasteiger partial charge in [0.05, 0.1) is 5.69 Å². The molecule has 0 unspecified atom stereocenters. The summed E-state index contributed by atoms with van der Waals surface area (Å²) in [5.74, 6) is 0. The molecule has 0 radical (unpaired) electrons. The summed E-state index contributed by atoms with van der Waals surface area (Å²) < 4.78 is 1.97. The summed E-state index contributed by atoms with van der Waals surface area (Å²) in [4.78, 5) is 0. The Morgan fingerprint density at radius 2 is 1.84 bits per heavy atom. The second-order valence-electron chi connectivity index (χ2n) is 5.62.